The van der Waals surface area contributed by atoms with Crippen molar-refractivity contribution in [3.05, 3.63) is 53.1 Å². The minimum atomic E-state index is -3.85. The van der Waals surface area contributed by atoms with E-state index in [1.54, 1.807) is 18.2 Å². The summed E-state index contributed by atoms with van der Waals surface area (Å²) >= 11 is 6.16. The molecular weight excluding hydrogens is 392 g/mol. The maximum atomic E-state index is 12.5. The molecule has 0 aliphatic heterocycles. The highest BCUT2D eigenvalue weighted by Crippen LogP contribution is 2.28. The zero-order valence-corrected chi connectivity index (χ0v) is 17.0. The van der Waals surface area contributed by atoms with Crippen LogP contribution in [-0.2, 0) is 14.9 Å². The highest BCUT2D eigenvalue weighted by molar-refractivity contribution is 7.89. The van der Waals surface area contributed by atoms with E-state index < -0.39 is 15.9 Å². The molecule has 9 heteroatoms. The molecule has 0 bridgehead atoms. The second-order valence-corrected chi connectivity index (χ2v) is 8.23. The van der Waals surface area contributed by atoms with E-state index in [4.69, 9.17) is 21.2 Å². The first kappa shape index (κ1) is 21.2. The van der Waals surface area contributed by atoms with E-state index in [2.05, 4.69) is 5.32 Å². The Balaban J connectivity index is 2.22. The van der Waals surface area contributed by atoms with Gasteiger partial charge in [-0.3, -0.25) is 9.63 Å². The SMILES string of the molecule is CON(C)S(=O)(=O)c1cccc(C(=O)Nc2ccc(OC(C)C)c(Cl)c2)c1. The molecule has 1 amide bonds. The van der Waals surface area contributed by atoms with Crippen LogP contribution in [0.1, 0.15) is 24.2 Å². The van der Waals surface area contributed by atoms with Gasteiger partial charge in [-0.15, -0.1) is 0 Å². The van der Waals surface area contributed by atoms with Gasteiger partial charge in [0.15, 0.2) is 0 Å². The summed E-state index contributed by atoms with van der Waals surface area (Å²) in [6.45, 7) is 3.77. The van der Waals surface area contributed by atoms with Crippen molar-refractivity contribution >= 4 is 33.2 Å². The Hall–Kier alpha value is -2.13. The van der Waals surface area contributed by atoms with Crippen LogP contribution in [0.15, 0.2) is 47.4 Å². The summed E-state index contributed by atoms with van der Waals surface area (Å²) < 4.78 is 30.9. The average molecular weight is 413 g/mol. The molecule has 1 N–H and O–H groups in total. The topological polar surface area (TPSA) is 84.9 Å². The molecule has 0 aromatic heterocycles. The third-order valence-corrected chi connectivity index (χ3v) is 5.51. The predicted octanol–water partition coefficient (Wildman–Crippen LogP) is 3.56. The Morgan fingerprint density at radius 3 is 2.48 bits per heavy atom. The number of sulfonamides is 1. The Morgan fingerprint density at radius 1 is 1.19 bits per heavy atom. The molecule has 0 saturated carbocycles. The summed E-state index contributed by atoms with van der Waals surface area (Å²) in [5.41, 5.74) is 0.641. The van der Waals surface area contributed by atoms with Gasteiger partial charge in [0, 0.05) is 18.3 Å². The maximum absolute atomic E-state index is 12.5. The normalized spacial score (nSPS) is 11.7. The molecule has 146 valence electrons. The molecule has 0 spiro atoms. The van der Waals surface area contributed by atoms with E-state index in [9.17, 15) is 13.2 Å². The fraction of sp³-hybridized carbons (Fsp3) is 0.278. The van der Waals surface area contributed by atoms with Crippen molar-refractivity contribution in [1.82, 2.24) is 4.47 Å². The van der Waals surface area contributed by atoms with Crippen LogP contribution < -0.4 is 10.1 Å². The molecule has 0 aliphatic rings. The van der Waals surface area contributed by atoms with Gasteiger partial charge in [-0.1, -0.05) is 22.1 Å². The third-order valence-electron chi connectivity index (χ3n) is 3.54. The first-order chi connectivity index (χ1) is 12.6. The molecule has 2 rings (SSSR count). The fourth-order valence-corrected chi connectivity index (χ4v) is 3.42. The van der Waals surface area contributed by atoms with Crippen LogP contribution >= 0.6 is 11.6 Å². The van der Waals surface area contributed by atoms with Crippen molar-refractivity contribution in [3.63, 3.8) is 0 Å². The predicted molar refractivity (Wildman–Crippen MR) is 104 cm³/mol. The lowest BCUT2D eigenvalue weighted by molar-refractivity contribution is -0.0258. The number of carbonyl (C=O) groups excluding carboxylic acids is 1. The number of hydrogen-bond donors (Lipinski definition) is 1. The molecule has 0 atom stereocenters. The first-order valence-electron chi connectivity index (χ1n) is 8.06. The number of anilines is 1. The lowest BCUT2D eigenvalue weighted by Crippen LogP contribution is -2.26. The van der Waals surface area contributed by atoms with Crippen molar-refractivity contribution in [3.8, 4) is 5.75 Å². The molecule has 27 heavy (non-hydrogen) atoms. The number of halogens is 1. The van der Waals surface area contributed by atoms with Crippen LogP contribution in [0.4, 0.5) is 5.69 Å². The lowest BCUT2D eigenvalue weighted by Gasteiger charge is -2.15. The zero-order chi connectivity index (χ0) is 20.2. The van der Waals surface area contributed by atoms with Crippen LogP contribution in [0.2, 0.25) is 5.02 Å². The van der Waals surface area contributed by atoms with Gasteiger partial charge < -0.3 is 10.1 Å². The number of hydrogen-bond acceptors (Lipinski definition) is 5. The average Bonchev–Trinajstić information content (AvgIpc) is 2.63. The molecule has 0 unspecified atom stereocenters. The van der Waals surface area contributed by atoms with Gasteiger partial charge in [0.2, 0.25) is 0 Å². The lowest BCUT2D eigenvalue weighted by atomic mass is 10.2. The third kappa shape index (κ3) is 5.20. The Kier molecular flexibility index (Phi) is 6.83. The summed E-state index contributed by atoms with van der Waals surface area (Å²) in [6.07, 6.45) is -0.0298. The van der Waals surface area contributed by atoms with Crippen LogP contribution in [0.3, 0.4) is 0 Å². The number of nitrogens with one attached hydrogen (secondary N) is 1. The second kappa shape index (κ2) is 8.71. The zero-order valence-electron chi connectivity index (χ0n) is 15.4. The Bertz CT molecular complexity index is 931. The Labute approximate surface area is 163 Å². The van der Waals surface area contributed by atoms with Crippen molar-refractivity contribution in [2.24, 2.45) is 0 Å². The summed E-state index contributed by atoms with van der Waals surface area (Å²) in [5.74, 6) is 0.0427. The molecule has 2 aromatic carbocycles. The molecule has 0 fully saturated rings. The van der Waals surface area contributed by atoms with Crippen molar-refractivity contribution < 1.29 is 22.8 Å². The van der Waals surface area contributed by atoms with Gasteiger partial charge in [-0.05, 0) is 50.2 Å². The van der Waals surface area contributed by atoms with Crippen LogP contribution in [0.5, 0.6) is 5.75 Å². The number of nitrogens with zero attached hydrogens (tertiary/aromatic N) is 1. The number of carbonyl (C=O) groups is 1. The van der Waals surface area contributed by atoms with Gasteiger partial charge in [-0.25, -0.2) is 8.42 Å². The van der Waals surface area contributed by atoms with E-state index in [0.717, 1.165) is 4.47 Å². The largest absolute Gasteiger partial charge is 0.489 e. The van der Waals surface area contributed by atoms with Gasteiger partial charge in [0.25, 0.3) is 15.9 Å². The van der Waals surface area contributed by atoms with Gasteiger partial charge >= 0.3 is 0 Å². The monoisotopic (exact) mass is 412 g/mol. The molecular formula is C18H21ClN2O5S. The maximum Gasteiger partial charge on any atom is 0.264 e. The van der Waals surface area contributed by atoms with Crippen LogP contribution in [0.25, 0.3) is 0 Å². The van der Waals surface area contributed by atoms with E-state index in [1.165, 1.54) is 38.4 Å². The van der Waals surface area contributed by atoms with Crippen LogP contribution in [0, 0.1) is 0 Å². The standard InChI is InChI=1S/C18H21ClN2O5S/c1-12(2)26-17-9-8-14(11-16(17)19)20-18(22)13-6-5-7-15(10-13)27(23,24)21(3)25-4/h5-12H,1-4H3,(H,20,22). The summed E-state index contributed by atoms with van der Waals surface area (Å²) in [6, 6.07) is 10.5. The van der Waals surface area contributed by atoms with E-state index in [0.29, 0.717) is 16.5 Å². The molecule has 2 aromatic rings. The number of rotatable bonds is 7. The minimum absolute atomic E-state index is 0.0298. The first-order valence-corrected chi connectivity index (χ1v) is 9.87. The van der Waals surface area contributed by atoms with Crippen LogP contribution in [-0.4, -0.2) is 39.1 Å². The highest BCUT2D eigenvalue weighted by atomic mass is 35.5. The van der Waals surface area contributed by atoms with Crippen molar-refractivity contribution in [1.29, 1.82) is 0 Å². The molecule has 0 aliphatic carbocycles. The van der Waals surface area contributed by atoms with Crippen molar-refractivity contribution in [2.75, 3.05) is 19.5 Å². The summed E-state index contributed by atoms with van der Waals surface area (Å²) in [7, 11) is -1.34. The van der Waals surface area contributed by atoms with Gasteiger partial charge in [-0.2, -0.15) is 0 Å². The molecule has 0 heterocycles. The minimum Gasteiger partial charge on any atom is -0.489 e. The van der Waals surface area contributed by atoms with E-state index in [1.807, 2.05) is 13.8 Å². The molecule has 7 nitrogen and oxygen atoms in total. The summed E-state index contributed by atoms with van der Waals surface area (Å²) in [5, 5.41) is 3.04. The van der Waals surface area contributed by atoms with Gasteiger partial charge in [0.1, 0.15) is 5.75 Å². The molecule has 0 radical (unpaired) electrons. The number of benzene rings is 2. The smallest absolute Gasteiger partial charge is 0.264 e. The molecule has 0 saturated heterocycles. The van der Waals surface area contributed by atoms with Gasteiger partial charge in [0.05, 0.1) is 23.1 Å². The van der Waals surface area contributed by atoms with E-state index in [-0.39, 0.29) is 16.6 Å². The number of amides is 1. The number of ether oxygens (including phenoxy) is 1. The highest BCUT2D eigenvalue weighted by Gasteiger charge is 2.22. The fourth-order valence-electron chi connectivity index (χ4n) is 2.18. The van der Waals surface area contributed by atoms with Crippen molar-refractivity contribution in [2.45, 2.75) is 24.8 Å². The number of hydroxylamine groups is 1. The second-order valence-electron chi connectivity index (χ2n) is 5.89. The summed E-state index contributed by atoms with van der Waals surface area (Å²) in [4.78, 5) is 17.2. The Morgan fingerprint density at radius 2 is 1.89 bits per heavy atom. The van der Waals surface area contributed by atoms with E-state index >= 15 is 0 Å². The quantitative estimate of drug-likeness (QED) is 0.703.